The van der Waals surface area contributed by atoms with Crippen molar-refractivity contribution in [2.24, 2.45) is 5.73 Å². The van der Waals surface area contributed by atoms with Gasteiger partial charge in [0, 0.05) is 12.6 Å². The van der Waals surface area contributed by atoms with E-state index >= 15 is 0 Å². The Morgan fingerprint density at radius 2 is 2.14 bits per heavy atom. The van der Waals surface area contributed by atoms with Gasteiger partial charge in [-0.15, -0.1) is 5.10 Å². The van der Waals surface area contributed by atoms with Crippen LogP contribution in [-0.4, -0.2) is 33.5 Å². The Balaban J connectivity index is 1.81. The first-order chi connectivity index (χ1) is 10.2. The predicted octanol–water partition coefficient (Wildman–Crippen LogP) is 0.988. The number of aromatic nitrogens is 3. The summed E-state index contributed by atoms with van der Waals surface area (Å²) in [5, 5.41) is 10.6. The molecule has 1 aromatic carbocycles. The molecule has 0 aliphatic carbocycles. The summed E-state index contributed by atoms with van der Waals surface area (Å²) in [5.74, 6) is -0.196. The van der Waals surface area contributed by atoms with Crippen LogP contribution >= 0.6 is 0 Å². The Labute approximate surface area is 124 Å². The number of nitrogens with zero attached hydrogens (tertiary/aromatic N) is 3. The van der Waals surface area contributed by atoms with E-state index in [2.05, 4.69) is 27.8 Å². The first kappa shape index (κ1) is 15.2. The molecule has 0 spiro atoms. The highest BCUT2D eigenvalue weighted by atomic mass is 16.2. The Kier molecular flexibility index (Phi) is 5.45. The molecule has 0 saturated heterocycles. The lowest BCUT2D eigenvalue weighted by Crippen LogP contribution is -2.33. The van der Waals surface area contributed by atoms with Gasteiger partial charge in [0.1, 0.15) is 0 Å². The minimum atomic E-state index is -0.196. The molecule has 1 amide bonds. The van der Waals surface area contributed by atoms with Crippen LogP contribution in [0.3, 0.4) is 0 Å². The van der Waals surface area contributed by atoms with Crippen molar-refractivity contribution in [1.29, 1.82) is 0 Å². The van der Waals surface area contributed by atoms with Crippen molar-refractivity contribution < 1.29 is 4.79 Å². The number of hydrogen-bond acceptors (Lipinski definition) is 4. The van der Waals surface area contributed by atoms with E-state index < -0.39 is 0 Å². The minimum Gasteiger partial charge on any atom is -0.348 e. The molecule has 0 aliphatic rings. The second-order valence-electron chi connectivity index (χ2n) is 5.05. The van der Waals surface area contributed by atoms with Crippen LogP contribution in [-0.2, 0) is 13.0 Å². The Morgan fingerprint density at radius 1 is 1.38 bits per heavy atom. The number of nitrogens with two attached hydrogens (primary N) is 1. The Bertz CT molecular complexity index is 566. The molecule has 0 aliphatic heterocycles. The number of amides is 1. The quantitative estimate of drug-likeness (QED) is 0.795. The highest BCUT2D eigenvalue weighted by molar-refractivity contribution is 5.92. The lowest BCUT2D eigenvalue weighted by molar-refractivity contribution is 0.0933. The molecule has 0 saturated carbocycles. The van der Waals surface area contributed by atoms with Crippen molar-refractivity contribution in [2.45, 2.75) is 32.4 Å². The SMILES string of the molecule is C[C@H](CCc1ccccc1)NC(=O)c1cn(CCN)nn1. The van der Waals surface area contributed by atoms with E-state index in [1.54, 1.807) is 10.9 Å². The third-order valence-electron chi connectivity index (χ3n) is 3.22. The summed E-state index contributed by atoms with van der Waals surface area (Å²) in [7, 11) is 0. The second kappa shape index (κ2) is 7.54. The van der Waals surface area contributed by atoms with Crippen LogP contribution in [0.5, 0.6) is 0 Å². The van der Waals surface area contributed by atoms with E-state index in [4.69, 9.17) is 5.73 Å². The van der Waals surface area contributed by atoms with Gasteiger partial charge >= 0.3 is 0 Å². The fourth-order valence-electron chi connectivity index (χ4n) is 2.04. The van der Waals surface area contributed by atoms with Gasteiger partial charge in [-0.3, -0.25) is 9.48 Å². The Hall–Kier alpha value is -2.21. The van der Waals surface area contributed by atoms with Crippen LogP contribution in [0.2, 0.25) is 0 Å². The molecule has 21 heavy (non-hydrogen) atoms. The topological polar surface area (TPSA) is 85.8 Å². The summed E-state index contributed by atoms with van der Waals surface area (Å²) in [4.78, 5) is 12.0. The minimum absolute atomic E-state index is 0.0809. The van der Waals surface area contributed by atoms with Gasteiger partial charge in [-0.2, -0.15) is 0 Å². The van der Waals surface area contributed by atoms with Crippen LogP contribution < -0.4 is 11.1 Å². The maximum atomic E-state index is 12.0. The monoisotopic (exact) mass is 287 g/mol. The van der Waals surface area contributed by atoms with Crippen molar-refractivity contribution in [3.8, 4) is 0 Å². The zero-order valence-electron chi connectivity index (χ0n) is 12.2. The summed E-state index contributed by atoms with van der Waals surface area (Å²) in [6.45, 7) is 3.02. The van der Waals surface area contributed by atoms with Gasteiger partial charge in [0.05, 0.1) is 12.7 Å². The van der Waals surface area contributed by atoms with Crippen molar-refractivity contribution in [3.63, 3.8) is 0 Å². The first-order valence-electron chi connectivity index (χ1n) is 7.14. The van der Waals surface area contributed by atoms with E-state index in [1.165, 1.54) is 5.56 Å². The average molecular weight is 287 g/mol. The van der Waals surface area contributed by atoms with E-state index in [0.29, 0.717) is 18.8 Å². The molecule has 0 unspecified atom stereocenters. The van der Waals surface area contributed by atoms with E-state index in [9.17, 15) is 4.79 Å². The van der Waals surface area contributed by atoms with Crippen LogP contribution in [0.15, 0.2) is 36.5 Å². The molecule has 0 bridgehead atoms. The number of carbonyl (C=O) groups is 1. The number of hydrogen-bond donors (Lipinski definition) is 2. The molecule has 6 nitrogen and oxygen atoms in total. The van der Waals surface area contributed by atoms with Gasteiger partial charge in [-0.05, 0) is 25.3 Å². The summed E-state index contributed by atoms with van der Waals surface area (Å²) in [5.41, 5.74) is 7.03. The number of rotatable bonds is 7. The largest absolute Gasteiger partial charge is 0.348 e. The number of nitrogens with one attached hydrogen (secondary N) is 1. The maximum absolute atomic E-state index is 12.0. The zero-order valence-corrected chi connectivity index (χ0v) is 12.2. The number of benzene rings is 1. The summed E-state index contributed by atoms with van der Waals surface area (Å²) in [6, 6.07) is 10.3. The van der Waals surface area contributed by atoms with Crippen molar-refractivity contribution in [2.75, 3.05) is 6.54 Å². The highest BCUT2D eigenvalue weighted by Gasteiger charge is 2.13. The third kappa shape index (κ3) is 4.68. The van der Waals surface area contributed by atoms with Gasteiger partial charge in [0.2, 0.25) is 0 Å². The number of aryl methyl sites for hydroxylation is 1. The molecule has 2 rings (SSSR count). The molecule has 1 atom stereocenters. The van der Waals surface area contributed by atoms with Gasteiger partial charge in [-0.25, -0.2) is 0 Å². The molecule has 3 N–H and O–H groups in total. The molecule has 1 aromatic heterocycles. The zero-order chi connectivity index (χ0) is 15.1. The third-order valence-corrected chi connectivity index (χ3v) is 3.22. The molecule has 6 heteroatoms. The summed E-state index contributed by atoms with van der Waals surface area (Å²) < 4.78 is 1.57. The first-order valence-corrected chi connectivity index (χ1v) is 7.14. The fourth-order valence-corrected chi connectivity index (χ4v) is 2.04. The maximum Gasteiger partial charge on any atom is 0.273 e. The smallest absolute Gasteiger partial charge is 0.273 e. The van der Waals surface area contributed by atoms with Crippen LogP contribution in [0.4, 0.5) is 0 Å². The summed E-state index contributed by atoms with van der Waals surface area (Å²) >= 11 is 0. The molecule has 0 fully saturated rings. The normalized spacial score (nSPS) is 12.1. The Morgan fingerprint density at radius 3 is 2.86 bits per heavy atom. The van der Waals surface area contributed by atoms with E-state index in [-0.39, 0.29) is 11.9 Å². The van der Waals surface area contributed by atoms with E-state index in [1.807, 2.05) is 25.1 Å². The van der Waals surface area contributed by atoms with Gasteiger partial charge in [0.15, 0.2) is 5.69 Å². The average Bonchev–Trinajstić information content (AvgIpc) is 2.95. The lowest BCUT2D eigenvalue weighted by Gasteiger charge is -2.12. The van der Waals surface area contributed by atoms with Gasteiger partial charge in [-0.1, -0.05) is 35.5 Å². The molecular formula is C15H21N5O. The van der Waals surface area contributed by atoms with Crippen LogP contribution in [0, 0.1) is 0 Å². The van der Waals surface area contributed by atoms with Crippen molar-refractivity contribution in [1.82, 2.24) is 20.3 Å². The highest BCUT2D eigenvalue weighted by Crippen LogP contribution is 2.05. The lowest BCUT2D eigenvalue weighted by atomic mass is 10.1. The summed E-state index contributed by atoms with van der Waals surface area (Å²) in [6.07, 6.45) is 3.43. The van der Waals surface area contributed by atoms with Gasteiger partial charge in [0.25, 0.3) is 5.91 Å². The van der Waals surface area contributed by atoms with Crippen molar-refractivity contribution >= 4 is 5.91 Å². The molecule has 1 heterocycles. The molecule has 2 aromatic rings. The van der Waals surface area contributed by atoms with E-state index in [0.717, 1.165) is 12.8 Å². The van der Waals surface area contributed by atoms with Gasteiger partial charge < -0.3 is 11.1 Å². The van der Waals surface area contributed by atoms with Crippen LogP contribution in [0.25, 0.3) is 0 Å². The number of carbonyl (C=O) groups excluding carboxylic acids is 1. The van der Waals surface area contributed by atoms with Crippen LogP contribution in [0.1, 0.15) is 29.4 Å². The second-order valence-corrected chi connectivity index (χ2v) is 5.05. The predicted molar refractivity (Wildman–Crippen MR) is 80.8 cm³/mol. The standard InChI is InChI=1S/C15H21N5O/c1-12(7-8-13-5-3-2-4-6-13)17-15(21)14-11-20(10-9-16)19-18-14/h2-6,11-12H,7-10,16H2,1H3,(H,17,21)/t12-/m1/s1. The molecule has 112 valence electrons. The van der Waals surface area contributed by atoms with Crippen molar-refractivity contribution in [3.05, 3.63) is 47.8 Å². The molecular weight excluding hydrogens is 266 g/mol. The fraction of sp³-hybridized carbons (Fsp3) is 0.400. The molecule has 0 radical (unpaired) electrons.